The maximum absolute atomic E-state index is 12.8. The van der Waals surface area contributed by atoms with Gasteiger partial charge in [0.25, 0.3) is 0 Å². The number of aliphatic imine (C=N–C) groups is 1. The number of ether oxygens (including phenoxy) is 1. The Labute approximate surface area is 177 Å². The average Bonchev–Trinajstić information content (AvgIpc) is 3.42. The minimum Gasteiger partial charge on any atom is -0.380 e. The van der Waals surface area contributed by atoms with Crippen LogP contribution in [0.25, 0.3) is 0 Å². The summed E-state index contributed by atoms with van der Waals surface area (Å²) in [5.74, 6) is 0.920. The summed E-state index contributed by atoms with van der Waals surface area (Å²) in [4.78, 5) is 31.6. The molecule has 2 bridgehead atoms. The van der Waals surface area contributed by atoms with E-state index in [-0.39, 0.29) is 35.5 Å². The lowest BCUT2D eigenvalue weighted by Crippen LogP contribution is -2.43. The molecule has 1 saturated carbocycles. The molecule has 0 spiro atoms. The fraction of sp³-hybridized carbons (Fsp3) is 0.522. The molecule has 2 amide bonds. The summed E-state index contributed by atoms with van der Waals surface area (Å²) in [7, 11) is 1.68. The third kappa shape index (κ3) is 3.99. The molecule has 2 fully saturated rings. The first-order valence-electron chi connectivity index (χ1n) is 10.7. The average molecular weight is 411 g/mol. The normalized spacial score (nSPS) is 27.1. The van der Waals surface area contributed by atoms with Crippen molar-refractivity contribution < 1.29 is 14.3 Å². The smallest absolute Gasteiger partial charge is 0.233 e. The van der Waals surface area contributed by atoms with Gasteiger partial charge in [0.15, 0.2) is 5.96 Å². The van der Waals surface area contributed by atoms with E-state index in [4.69, 9.17) is 4.74 Å². The van der Waals surface area contributed by atoms with Crippen LogP contribution in [0, 0.1) is 23.7 Å². The van der Waals surface area contributed by atoms with Gasteiger partial charge in [0.2, 0.25) is 11.8 Å². The molecule has 30 heavy (non-hydrogen) atoms. The molecule has 1 aromatic rings. The summed E-state index contributed by atoms with van der Waals surface area (Å²) in [6.45, 7) is 4.71. The highest BCUT2D eigenvalue weighted by Gasteiger charge is 2.58. The second kappa shape index (κ2) is 9.00. The first-order valence-corrected chi connectivity index (χ1v) is 10.7. The molecule has 4 atom stereocenters. The van der Waals surface area contributed by atoms with Crippen molar-refractivity contribution in [1.29, 1.82) is 0 Å². The van der Waals surface area contributed by atoms with Crippen LogP contribution in [0.1, 0.15) is 24.5 Å². The number of carbonyl (C=O) groups is 2. The molecule has 2 N–H and O–H groups in total. The Kier molecular flexibility index (Phi) is 6.18. The minimum atomic E-state index is -0.131. The predicted octanol–water partition coefficient (Wildman–Crippen LogP) is 1.70. The Morgan fingerprint density at radius 2 is 1.83 bits per heavy atom. The van der Waals surface area contributed by atoms with Crippen molar-refractivity contribution in [2.24, 2.45) is 28.7 Å². The van der Waals surface area contributed by atoms with Crippen LogP contribution in [0.15, 0.2) is 41.4 Å². The second-order valence-electron chi connectivity index (χ2n) is 8.20. The summed E-state index contributed by atoms with van der Waals surface area (Å²) < 4.78 is 5.19. The van der Waals surface area contributed by atoms with Gasteiger partial charge in [0, 0.05) is 26.7 Å². The number of methoxy groups -OCH3 is 1. The minimum absolute atomic E-state index is 0.000507. The zero-order valence-corrected chi connectivity index (χ0v) is 17.6. The number of imide groups is 1. The number of hydrogen-bond donors (Lipinski definition) is 2. The van der Waals surface area contributed by atoms with E-state index in [9.17, 15) is 9.59 Å². The first kappa shape index (κ1) is 20.6. The largest absolute Gasteiger partial charge is 0.380 e. The van der Waals surface area contributed by atoms with E-state index in [0.717, 1.165) is 24.1 Å². The van der Waals surface area contributed by atoms with Crippen LogP contribution in [-0.2, 0) is 27.5 Å². The van der Waals surface area contributed by atoms with Gasteiger partial charge in [0.1, 0.15) is 0 Å². The standard InChI is InChI=1S/C23H30N4O3/c1-3-24-23(26-13-15-5-4-6-16(11-15)14-30-2)25-9-10-27-21(28)19-17-7-8-18(12-17)20(19)22(27)29/h4-8,11,17-20H,3,9-10,12-14H2,1-2H3,(H2,24,25,26). The van der Waals surface area contributed by atoms with E-state index >= 15 is 0 Å². The Hall–Kier alpha value is -2.67. The predicted molar refractivity (Wildman–Crippen MR) is 114 cm³/mol. The first-order chi connectivity index (χ1) is 14.6. The van der Waals surface area contributed by atoms with Crippen molar-refractivity contribution in [2.75, 3.05) is 26.7 Å². The van der Waals surface area contributed by atoms with Gasteiger partial charge in [-0.1, -0.05) is 36.4 Å². The molecule has 0 aromatic heterocycles. The number of allylic oxidation sites excluding steroid dienone is 2. The van der Waals surface area contributed by atoms with E-state index in [1.165, 1.54) is 4.90 Å². The van der Waals surface area contributed by atoms with Crippen LogP contribution < -0.4 is 10.6 Å². The molecule has 1 aromatic carbocycles. The van der Waals surface area contributed by atoms with Crippen molar-refractivity contribution in [3.63, 3.8) is 0 Å². The lowest BCUT2D eigenvalue weighted by atomic mass is 9.85. The monoisotopic (exact) mass is 410 g/mol. The fourth-order valence-corrected chi connectivity index (χ4v) is 4.97. The van der Waals surface area contributed by atoms with Crippen molar-refractivity contribution >= 4 is 17.8 Å². The number of hydrogen-bond acceptors (Lipinski definition) is 4. The molecule has 160 valence electrons. The number of nitrogens with one attached hydrogen (secondary N) is 2. The Bertz CT molecular complexity index is 836. The van der Waals surface area contributed by atoms with Crippen LogP contribution in [0.3, 0.4) is 0 Å². The van der Waals surface area contributed by atoms with Crippen LogP contribution >= 0.6 is 0 Å². The van der Waals surface area contributed by atoms with Gasteiger partial charge in [-0.3, -0.25) is 14.5 Å². The van der Waals surface area contributed by atoms with Crippen LogP contribution in [0.4, 0.5) is 0 Å². The molecule has 7 nitrogen and oxygen atoms in total. The van der Waals surface area contributed by atoms with E-state index < -0.39 is 0 Å². The molecule has 2 aliphatic carbocycles. The quantitative estimate of drug-likeness (QED) is 0.295. The third-order valence-corrected chi connectivity index (χ3v) is 6.26. The SMILES string of the molecule is CCNC(=NCc1cccc(COC)c1)NCCN1C(=O)C2C3C=CC(C3)C2C1=O. The molecule has 4 rings (SSSR count). The van der Waals surface area contributed by atoms with Crippen molar-refractivity contribution in [3.8, 4) is 0 Å². The van der Waals surface area contributed by atoms with Crippen molar-refractivity contribution in [2.45, 2.75) is 26.5 Å². The third-order valence-electron chi connectivity index (χ3n) is 6.26. The Balaban J connectivity index is 1.32. The molecular formula is C23H30N4O3. The molecule has 3 aliphatic rings. The number of carbonyl (C=O) groups excluding carboxylic acids is 2. The van der Waals surface area contributed by atoms with Gasteiger partial charge in [-0.2, -0.15) is 0 Å². The number of likely N-dealkylation sites (tertiary alicyclic amines) is 1. The Morgan fingerprint density at radius 3 is 2.50 bits per heavy atom. The van der Waals surface area contributed by atoms with Gasteiger partial charge >= 0.3 is 0 Å². The van der Waals surface area contributed by atoms with Gasteiger partial charge in [-0.05, 0) is 36.3 Å². The molecule has 0 radical (unpaired) electrons. The zero-order valence-electron chi connectivity index (χ0n) is 17.6. The lowest BCUT2D eigenvalue weighted by molar-refractivity contribution is -0.140. The van der Waals surface area contributed by atoms with Crippen molar-refractivity contribution in [3.05, 3.63) is 47.5 Å². The highest BCUT2D eigenvalue weighted by molar-refractivity contribution is 6.06. The maximum Gasteiger partial charge on any atom is 0.233 e. The summed E-state index contributed by atoms with van der Waals surface area (Å²) in [6.07, 6.45) is 5.20. The van der Waals surface area contributed by atoms with Crippen LogP contribution in [0.2, 0.25) is 0 Å². The molecule has 7 heteroatoms. The van der Waals surface area contributed by atoms with E-state index in [1.807, 2.05) is 25.1 Å². The second-order valence-corrected chi connectivity index (χ2v) is 8.20. The molecule has 4 unspecified atom stereocenters. The number of fused-ring (bicyclic) bond motifs is 5. The number of rotatable bonds is 8. The summed E-state index contributed by atoms with van der Waals surface area (Å²) in [6, 6.07) is 8.15. The molecular weight excluding hydrogens is 380 g/mol. The zero-order chi connectivity index (χ0) is 21.1. The Morgan fingerprint density at radius 1 is 1.13 bits per heavy atom. The topological polar surface area (TPSA) is 83.0 Å². The number of guanidine groups is 1. The van der Waals surface area contributed by atoms with Crippen LogP contribution in [0.5, 0.6) is 0 Å². The van der Waals surface area contributed by atoms with Gasteiger partial charge in [0.05, 0.1) is 25.0 Å². The van der Waals surface area contributed by atoms with Gasteiger partial charge in [-0.15, -0.1) is 0 Å². The lowest BCUT2D eigenvalue weighted by Gasteiger charge is -2.18. The van der Waals surface area contributed by atoms with Crippen LogP contribution in [-0.4, -0.2) is 49.4 Å². The molecule has 1 aliphatic heterocycles. The number of nitrogens with zero attached hydrogens (tertiary/aromatic N) is 2. The van der Waals surface area contributed by atoms with Crippen molar-refractivity contribution in [1.82, 2.24) is 15.5 Å². The molecule has 1 heterocycles. The fourth-order valence-electron chi connectivity index (χ4n) is 4.97. The van der Waals surface area contributed by atoms with E-state index in [0.29, 0.717) is 32.2 Å². The summed E-state index contributed by atoms with van der Waals surface area (Å²) >= 11 is 0. The highest BCUT2D eigenvalue weighted by Crippen LogP contribution is 2.52. The molecule has 1 saturated heterocycles. The number of amides is 2. The van der Waals surface area contributed by atoms with E-state index in [2.05, 4.69) is 33.8 Å². The summed E-state index contributed by atoms with van der Waals surface area (Å²) in [5, 5.41) is 6.48. The maximum atomic E-state index is 12.8. The van der Waals surface area contributed by atoms with Gasteiger partial charge < -0.3 is 15.4 Å². The highest BCUT2D eigenvalue weighted by atomic mass is 16.5. The number of benzene rings is 1. The van der Waals surface area contributed by atoms with E-state index in [1.54, 1.807) is 7.11 Å². The summed E-state index contributed by atoms with van der Waals surface area (Å²) in [5.41, 5.74) is 2.21. The van der Waals surface area contributed by atoms with Gasteiger partial charge in [-0.25, -0.2) is 4.99 Å².